The maximum Gasteiger partial charge on any atom is 0.412 e. The fraction of sp³-hybridized carbons (Fsp3) is 0.435. The molecule has 1 fully saturated rings. The Bertz CT molecular complexity index is 922. The third kappa shape index (κ3) is 7.04. The lowest BCUT2D eigenvalue weighted by atomic mass is 9.97. The Morgan fingerprint density at radius 3 is 2.38 bits per heavy atom. The van der Waals surface area contributed by atoms with Gasteiger partial charge in [0.2, 0.25) is 0 Å². The summed E-state index contributed by atoms with van der Waals surface area (Å²) in [4.78, 5) is 30.8. The summed E-state index contributed by atoms with van der Waals surface area (Å²) in [6.07, 6.45) is 4.22. The van der Waals surface area contributed by atoms with Crippen LogP contribution in [-0.2, 0) is 9.47 Å². The van der Waals surface area contributed by atoms with Gasteiger partial charge in [0, 0.05) is 36.9 Å². The van der Waals surface area contributed by atoms with Gasteiger partial charge in [-0.25, -0.2) is 9.59 Å². The number of amides is 2. The number of aromatic nitrogens is 1. The molecule has 0 radical (unpaired) electrons. The molecule has 0 unspecified atom stereocenters. The van der Waals surface area contributed by atoms with E-state index in [9.17, 15) is 9.59 Å². The molecule has 2 heterocycles. The minimum absolute atomic E-state index is 0.296. The predicted molar refractivity (Wildman–Crippen MR) is 125 cm³/mol. The van der Waals surface area contributed by atoms with Crippen LogP contribution in [0.5, 0.6) is 0 Å². The lowest BCUT2D eigenvalue weighted by Crippen LogP contribution is -2.35. The largest absolute Gasteiger partial charge is 0.449 e. The summed E-state index contributed by atoms with van der Waals surface area (Å²) in [5.74, 6) is 0.296. The lowest BCUT2D eigenvalue weighted by Gasteiger charge is -2.33. The molecule has 1 aliphatic heterocycles. The van der Waals surface area contributed by atoms with Crippen molar-refractivity contribution in [2.75, 3.05) is 41.0 Å². The first kappa shape index (κ1) is 23.2. The van der Waals surface area contributed by atoms with Gasteiger partial charge in [-0.1, -0.05) is 0 Å². The molecule has 1 aromatic heterocycles. The van der Waals surface area contributed by atoms with E-state index in [0.29, 0.717) is 29.6 Å². The average molecular weight is 442 g/mol. The molecule has 0 bridgehead atoms. The van der Waals surface area contributed by atoms with Crippen molar-refractivity contribution in [1.82, 2.24) is 4.98 Å². The van der Waals surface area contributed by atoms with Gasteiger partial charge in [0.15, 0.2) is 0 Å². The van der Waals surface area contributed by atoms with Gasteiger partial charge >= 0.3 is 12.2 Å². The molecule has 0 saturated carbocycles. The Kier molecular flexibility index (Phi) is 7.40. The number of anilines is 4. The minimum Gasteiger partial charge on any atom is -0.449 e. The zero-order valence-corrected chi connectivity index (χ0v) is 18.8. The fourth-order valence-electron chi connectivity index (χ4n) is 3.44. The number of pyridine rings is 1. The minimum atomic E-state index is -0.649. The van der Waals surface area contributed by atoms with E-state index in [1.54, 1.807) is 51.4 Å². The number of ether oxygens (including phenoxy) is 2. The molecule has 1 aliphatic rings. The maximum absolute atomic E-state index is 12.4. The summed E-state index contributed by atoms with van der Waals surface area (Å²) in [6.45, 7) is 7.45. The van der Waals surface area contributed by atoms with Crippen LogP contribution in [0, 0.1) is 5.92 Å². The molecule has 1 saturated heterocycles. The number of hydrogen-bond acceptors (Lipinski definition) is 7. The highest BCUT2D eigenvalue weighted by Crippen LogP contribution is 2.26. The van der Waals surface area contributed by atoms with Crippen LogP contribution in [0.4, 0.5) is 32.3 Å². The van der Waals surface area contributed by atoms with Crippen LogP contribution >= 0.6 is 0 Å². The number of carbonyl (C=O) groups is 2. The van der Waals surface area contributed by atoms with Gasteiger partial charge < -0.3 is 20.1 Å². The van der Waals surface area contributed by atoms with Crippen molar-refractivity contribution in [1.29, 1.82) is 0 Å². The number of carbonyl (C=O) groups excluding carboxylic acids is 2. The second-order valence-corrected chi connectivity index (χ2v) is 8.79. The van der Waals surface area contributed by atoms with Crippen LogP contribution < -0.4 is 21.3 Å². The van der Waals surface area contributed by atoms with Gasteiger partial charge in [-0.15, -0.1) is 0 Å². The van der Waals surface area contributed by atoms with E-state index in [2.05, 4.69) is 20.5 Å². The third-order valence-electron chi connectivity index (χ3n) is 5.01. The van der Waals surface area contributed by atoms with Crippen LogP contribution in [0.1, 0.15) is 33.6 Å². The topological polar surface area (TPSA) is 119 Å². The number of benzene rings is 1. The monoisotopic (exact) mass is 441 g/mol. The van der Waals surface area contributed by atoms with Gasteiger partial charge in [0.25, 0.3) is 0 Å². The summed E-state index contributed by atoms with van der Waals surface area (Å²) in [5.41, 5.74) is 7.49. The highest BCUT2D eigenvalue weighted by Gasteiger charge is 2.22. The van der Waals surface area contributed by atoms with Crippen molar-refractivity contribution in [3.05, 3.63) is 42.7 Å². The zero-order chi connectivity index (χ0) is 23.1. The molecule has 9 nitrogen and oxygen atoms in total. The number of nitrogens with two attached hydrogens (primary N) is 1. The van der Waals surface area contributed by atoms with E-state index in [0.717, 1.165) is 31.6 Å². The Balaban J connectivity index is 1.49. The van der Waals surface area contributed by atoms with E-state index in [-0.39, 0.29) is 0 Å². The van der Waals surface area contributed by atoms with Crippen LogP contribution in [0.2, 0.25) is 0 Å². The van der Waals surface area contributed by atoms with E-state index in [4.69, 9.17) is 15.2 Å². The number of nitrogens with one attached hydrogen (secondary N) is 2. The number of nitrogen functional groups attached to an aromatic ring is 1. The lowest BCUT2D eigenvalue weighted by molar-refractivity contribution is 0.0636. The van der Waals surface area contributed by atoms with Crippen molar-refractivity contribution in [2.24, 2.45) is 5.92 Å². The molecule has 1 aromatic carbocycles. The Labute approximate surface area is 188 Å². The number of nitrogens with zero attached hydrogens (tertiary/aromatic N) is 2. The quantitative estimate of drug-likeness (QED) is 0.586. The molecule has 32 heavy (non-hydrogen) atoms. The second kappa shape index (κ2) is 10.2. The van der Waals surface area contributed by atoms with E-state index >= 15 is 0 Å². The number of rotatable bonds is 5. The standard InChI is InChI=1S/C23H31N5O4/c1-23(2,3)32-22(30)27-20-14-17(24)4-5-19(20)26-21(29)31-15-16-8-12-28(13-9-16)18-6-10-25-11-7-18/h4-7,10-11,14,16H,8-9,12-13,15,24H2,1-3H3,(H,26,29)(H,27,30). The van der Waals surface area contributed by atoms with Crippen molar-refractivity contribution in [3.8, 4) is 0 Å². The summed E-state index contributed by atoms with van der Waals surface area (Å²) < 4.78 is 10.7. The highest BCUT2D eigenvalue weighted by molar-refractivity contribution is 5.96. The van der Waals surface area contributed by atoms with Crippen molar-refractivity contribution >= 4 is 34.9 Å². The average Bonchev–Trinajstić information content (AvgIpc) is 2.74. The molecule has 2 aromatic rings. The van der Waals surface area contributed by atoms with Gasteiger partial charge in [0.05, 0.1) is 18.0 Å². The smallest absolute Gasteiger partial charge is 0.412 e. The molecule has 0 atom stereocenters. The SMILES string of the molecule is CC(C)(C)OC(=O)Nc1cc(N)ccc1NC(=O)OCC1CCN(c2ccncc2)CC1. The van der Waals surface area contributed by atoms with Gasteiger partial charge in [-0.05, 0) is 69.9 Å². The highest BCUT2D eigenvalue weighted by atomic mass is 16.6. The Morgan fingerprint density at radius 2 is 1.72 bits per heavy atom. The van der Waals surface area contributed by atoms with Crippen LogP contribution in [0.15, 0.2) is 42.7 Å². The molecular formula is C23H31N5O4. The first-order chi connectivity index (χ1) is 15.2. The third-order valence-corrected chi connectivity index (χ3v) is 5.01. The molecule has 0 spiro atoms. The summed E-state index contributed by atoms with van der Waals surface area (Å²) in [6, 6.07) is 8.79. The summed E-state index contributed by atoms with van der Waals surface area (Å²) in [5, 5.41) is 5.29. The zero-order valence-electron chi connectivity index (χ0n) is 18.8. The molecule has 9 heteroatoms. The van der Waals surface area contributed by atoms with Crippen molar-refractivity contribution < 1.29 is 19.1 Å². The molecule has 172 valence electrons. The van der Waals surface area contributed by atoms with Crippen molar-refractivity contribution in [3.63, 3.8) is 0 Å². The van der Waals surface area contributed by atoms with Crippen LogP contribution in [0.25, 0.3) is 0 Å². The normalized spacial score (nSPS) is 14.5. The molecule has 4 N–H and O–H groups in total. The van der Waals surface area contributed by atoms with E-state index in [1.807, 2.05) is 12.1 Å². The predicted octanol–water partition coefficient (Wildman–Crippen LogP) is 4.48. The van der Waals surface area contributed by atoms with Gasteiger partial charge in [-0.2, -0.15) is 0 Å². The maximum atomic E-state index is 12.4. The fourth-order valence-corrected chi connectivity index (χ4v) is 3.44. The van der Waals surface area contributed by atoms with E-state index < -0.39 is 17.8 Å². The number of piperidine rings is 1. The molecule has 3 rings (SSSR count). The Morgan fingerprint density at radius 1 is 1.06 bits per heavy atom. The van der Waals surface area contributed by atoms with Gasteiger partial charge in [-0.3, -0.25) is 15.6 Å². The molecular weight excluding hydrogens is 410 g/mol. The van der Waals surface area contributed by atoms with Crippen LogP contribution in [0.3, 0.4) is 0 Å². The molecule has 2 amide bonds. The first-order valence-electron chi connectivity index (χ1n) is 10.7. The number of hydrogen-bond donors (Lipinski definition) is 3. The Hall–Kier alpha value is -3.49. The summed E-state index contributed by atoms with van der Waals surface area (Å²) >= 11 is 0. The second-order valence-electron chi connectivity index (χ2n) is 8.79. The van der Waals surface area contributed by atoms with E-state index in [1.165, 1.54) is 0 Å². The van der Waals surface area contributed by atoms with Crippen molar-refractivity contribution in [2.45, 2.75) is 39.2 Å². The first-order valence-corrected chi connectivity index (χ1v) is 10.7. The summed E-state index contributed by atoms with van der Waals surface area (Å²) in [7, 11) is 0. The molecule has 0 aliphatic carbocycles. The van der Waals surface area contributed by atoms with Gasteiger partial charge in [0.1, 0.15) is 5.60 Å². The van der Waals surface area contributed by atoms with Crippen LogP contribution in [-0.4, -0.2) is 42.5 Å².